The van der Waals surface area contributed by atoms with Crippen LogP contribution in [-0.2, 0) is 16.1 Å². The molecule has 1 atom stereocenters. The Labute approximate surface area is 169 Å². The summed E-state index contributed by atoms with van der Waals surface area (Å²) in [6.45, 7) is 5.48. The molecule has 1 unspecified atom stereocenters. The van der Waals surface area contributed by atoms with E-state index in [1.807, 2.05) is 18.2 Å². The molecule has 0 aliphatic carbocycles. The van der Waals surface area contributed by atoms with Crippen molar-refractivity contribution >= 4 is 29.1 Å². The van der Waals surface area contributed by atoms with E-state index in [1.165, 1.54) is 0 Å². The molecule has 2 heterocycles. The number of carbonyl (C=O) groups is 2. The molecule has 6 nitrogen and oxygen atoms in total. The minimum atomic E-state index is -0.396. The molecule has 3 rings (SSSR count). The first kappa shape index (κ1) is 20.1. The highest BCUT2D eigenvalue weighted by molar-refractivity contribution is 6.32. The van der Waals surface area contributed by atoms with Gasteiger partial charge in [0.2, 0.25) is 11.8 Å². The molecule has 1 aromatic heterocycles. The lowest BCUT2D eigenvalue weighted by atomic mass is 10.1. The van der Waals surface area contributed by atoms with Crippen LogP contribution in [0, 0.1) is 11.8 Å². The van der Waals surface area contributed by atoms with Gasteiger partial charge in [0.05, 0.1) is 29.8 Å². The number of hydrogen-bond acceptors (Lipinski definition) is 4. The molecule has 7 heteroatoms. The molecule has 1 fully saturated rings. The number of anilines is 1. The van der Waals surface area contributed by atoms with Crippen molar-refractivity contribution in [3.8, 4) is 5.75 Å². The normalized spacial score (nSPS) is 16.5. The zero-order valence-corrected chi connectivity index (χ0v) is 16.8. The summed E-state index contributed by atoms with van der Waals surface area (Å²) in [5.74, 6) is 0.354. The molecule has 2 aromatic rings. The number of carbonyl (C=O) groups excluding carboxylic acids is 2. The maximum Gasteiger partial charge on any atom is 0.229 e. The van der Waals surface area contributed by atoms with Crippen LogP contribution in [0.5, 0.6) is 5.75 Å². The molecule has 1 saturated heterocycles. The monoisotopic (exact) mass is 401 g/mol. The van der Waals surface area contributed by atoms with Crippen molar-refractivity contribution < 1.29 is 14.3 Å². The number of hydrogen-bond donors (Lipinski definition) is 1. The van der Waals surface area contributed by atoms with Gasteiger partial charge in [-0.15, -0.1) is 0 Å². The number of aromatic nitrogens is 1. The molecule has 2 amide bonds. The van der Waals surface area contributed by atoms with Crippen LogP contribution in [0.3, 0.4) is 0 Å². The predicted octanol–water partition coefficient (Wildman–Crippen LogP) is 3.76. The van der Waals surface area contributed by atoms with E-state index >= 15 is 0 Å². The summed E-state index contributed by atoms with van der Waals surface area (Å²) >= 11 is 6.25. The Morgan fingerprint density at radius 3 is 2.86 bits per heavy atom. The Morgan fingerprint density at radius 1 is 1.36 bits per heavy atom. The number of nitrogens with one attached hydrogen (secondary N) is 1. The van der Waals surface area contributed by atoms with Gasteiger partial charge in [-0.1, -0.05) is 31.5 Å². The van der Waals surface area contributed by atoms with Gasteiger partial charge < -0.3 is 15.0 Å². The molecule has 1 aromatic carbocycles. The van der Waals surface area contributed by atoms with E-state index < -0.39 is 5.92 Å². The fourth-order valence-electron chi connectivity index (χ4n) is 2.98. The molecule has 0 radical (unpaired) electrons. The third kappa shape index (κ3) is 5.23. The van der Waals surface area contributed by atoms with Crippen molar-refractivity contribution in [3.63, 3.8) is 0 Å². The predicted molar refractivity (Wildman–Crippen MR) is 108 cm³/mol. The van der Waals surface area contributed by atoms with Crippen LogP contribution in [0.1, 0.15) is 26.0 Å². The van der Waals surface area contributed by atoms with Crippen molar-refractivity contribution in [1.82, 2.24) is 9.88 Å². The number of pyridine rings is 1. The average molecular weight is 402 g/mol. The zero-order valence-electron chi connectivity index (χ0n) is 16.0. The summed E-state index contributed by atoms with van der Waals surface area (Å²) in [6, 6.07) is 10.7. The second-order valence-electron chi connectivity index (χ2n) is 7.34. The number of rotatable bonds is 7. The fraction of sp³-hybridized carbons (Fsp3) is 0.381. The Bertz CT molecular complexity index is 842. The summed E-state index contributed by atoms with van der Waals surface area (Å²) in [7, 11) is 0. The Balaban J connectivity index is 1.57. The number of nitrogens with zero attached hydrogens (tertiary/aromatic N) is 2. The lowest BCUT2D eigenvalue weighted by molar-refractivity contribution is -0.128. The van der Waals surface area contributed by atoms with Crippen LogP contribution in [0.25, 0.3) is 0 Å². The first-order valence-corrected chi connectivity index (χ1v) is 9.71. The molecule has 0 bridgehead atoms. The topological polar surface area (TPSA) is 71.5 Å². The number of likely N-dealkylation sites (tertiary alicyclic amines) is 1. The molecule has 0 spiro atoms. The molecular weight excluding hydrogens is 378 g/mol. The number of benzene rings is 1. The number of ether oxygens (including phenoxy) is 1. The van der Waals surface area contributed by atoms with Gasteiger partial charge in [-0.25, -0.2) is 0 Å². The van der Waals surface area contributed by atoms with Gasteiger partial charge in [0, 0.05) is 24.8 Å². The lowest BCUT2D eigenvalue weighted by Crippen LogP contribution is -2.28. The molecule has 1 aliphatic rings. The van der Waals surface area contributed by atoms with Crippen molar-refractivity contribution in [3.05, 3.63) is 53.3 Å². The van der Waals surface area contributed by atoms with E-state index in [9.17, 15) is 9.59 Å². The van der Waals surface area contributed by atoms with Crippen molar-refractivity contribution in [2.24, 2.45) is 11.8 Å². The molecule has 0 saturated carbocycles. The first-order valence-electron chi connectivity index (χ1n) is 9.33. The third-order valence-corrected chi connectivity index (χ3v) is 4.73. The summed E-state index contributed by atoms with van der Waals surface area (Å²) in [4.78, 5) is 30.7. The van der Waals surface area contributed by atoms with E-state index in [0.29, 0.717) is 42.1 Å². The highest BCUT2D eigenvalue weighted by Crippen LogP contribution is 2.29. The lowest BCUT2D eigenvalue weighted by Gasteiger charge is -2.16. The molecule has 28 heavy (non-hydrogen) atoms. The van der Waals surface area contributed by atoms with Gasteiger partial charge in [0.15, 0.2) is 0 Å². The van der Waals surface area contributed by atoms with Gasteiger partial charge in [-0.2, -0.15) is 0 Å². The summed E-state index contributed by atoms with van der Waals surface area (Å²) in [5.41, 5.74) is 1.39. The van der Waals surface area contributed by atoms with Crippen molar-refractivity contribution in [2.75, 3.05) is 18.5 Å². The van der Waals surface area contributed by atoms with Crippen molar-refractivity contribution in [2.45, 2.75) is 26.8 Å². The average Bonchev–Trinajstić information content (AvgIpc) is 3.02. The summed E-state index contributed by atoms with van der Waals surface area (Å²) < 4.78 is 5.64. The quantitative estimate of drug-likeness (QED) is 0.766. The van der Waals surface area contributed by atoms with Crippen LogP contribution in [0.4, 0.5) is 5.69 Å². The third-order valence-electron chi connectivity index (χ3n) is 4.44. The van der Waals surface area contributed by atoms with Crippen LogP contribution in [0.2, 0.25) is 5.02 Å². The smallest absolute Gasteiger partial charge is 0.229 e. The van der Waals surface area contributed by atoms with Gasteiger partial charge in [0.25, 0.3) is 0 Å². The SMILES string of the molecule is CC(C)COc1ccc(NC(=O)C2CC(=O)N(Cc3ccccn3)C2)cc1Cl. The maximum atomic E-state index is 12.6. The minimum Gasteiger partial charge on any atom is -0.492 e. The first-order chi connectivity index (χ1) is 13.4. The van der Waals surface area contributed by atoms with Crippen LogP contribution >= 0.6 is 11.6 Å². The minimum absolute atomic E-state index is 0.0405. The number of amides is 2. The second-order valence-corrected chi connectivity index (χ2v) is 7.74. The molecule has 1 N–H and O–H groups in total. The summed E-state index contributed by atoms with van der Waals surface area (Å²) in [6.07, 6.45) is 1.89. The van der Waals surface area contributed by atoms with Gasteiger partial charge >= 0.3 is 0 Å². The highest BCUT2D eigenvalue weighted by Gasteiger charge is 2.34. The molecule has 1 aliphatic heterocycles. The Hall–Kier alpha value is -2.60. The molecular formula is C21H24ClN3O3. The van der Waals surface area contributed by atoms with Gasteiger partial charge in [-0.05, 0) is 36.2 Å². The van der Waals surface area contributed by atoms with E-state index in [2.05, 4.69) is 24.1 Å². The Kier molecular flexibility index (Phi) is 6.52. The summed E-state index contributed by atoms with van der Waals surface area (Å²) in [5, 5.41) is 3.29. The maximum absolute atomic E-state index is 12.6. The van der Waals surface area contributed by atoms with E-state index in [4.69, 9.17) is 16.3 Å². The van der Waals surface area contributed by atoms with Gasteiger partial charge in [0.1, 0.15) is 5.75 Å². The van der Waals surface area contributed by atoms with Crippen LogP contribution < -0.4 is 10.1 Å². The van der Waals surface area contributed by atoms with E-state index in [-0.39, 0.29) is 18.2 Å². The zero-order chi connectivity index (χ0) is 20.1. The highest BCUT2D eigenvalue weighted by atomic mass is 35.5. The van der Waals surface area contributed by atoms with Crippen LogP contribution in [-0.4, -0.2) is 34.8 Å². The standard InChI is InChI=1S/C21H24ClN3O3/c1-14(2)13-28-19-7-6-16(10-18(19)22)24-21(27)15-9-20(26)25(11-15)12-17-5-3-4-8-23-17/h3-8,10,14-15H,9,11-13H2,1-2H3,(H,24,27). The van der Waals surface area contributed by atoms with E-state index in [1.54, 1.807) is 29.3 Å². The van der Waals surface area contributed by atoms with Crippen molar-refractivity contribution in [1.29, 1.82) is 0 Å². The van der Waals surface area contributed by atoms with Crippen LogP contribution in [0.15, 0.2) is 42.6 Å². The Morgan fingerprint density at radius 2 is 2.18 bits per heavy atom. The van der Waals surface area contributed by atoms with E-state index in [0.717, 1.165) is 5.69 Å². The second kappa shape index (κ2) is 9.06. The molecule has 148 valence electrons. The number of halogens is 1. The largest absolute Gasteiger partial charge is 0.492 e. The fourth-order valence-corrected chi connectivity index (χ4v) is 3.22. The van der Waals surface area contributed by atoms with Gasteiger partial charge in [-0.3, -0.25) is 14.6 Å².